The molecule has 0 saturated carbocycles. The normalized spacial score (nSPS) is 17.3. The van der Waals surface area contributed by atoms with Crippen molar-refractivity contribution >= 4 is 23.2 Å². The monoisotopic (exact) mass is 679 g/mol. The molecule has 2 aromatic carbocycles. The van der Waals surface area contributed by atoms with E-state index in [1.54, 1.807) is 35.0 Å². The van der Waals surface area contributed by atoms with E-state index in [0.29, 0.717) is 69.2 Å². The molecule has 0 bridgehead atoms. The Labute approximate surface area is 287 Å². The van der Waals surface area contributed by atoms with Crippen molar-refractivity contribution in [2.75, 3.05) is 57.2 Å². The number of carbonyl (C=O) groups excluding carboxylic acids is 2. The number of benzene rings is 2. The van der Waals surface area contributed by atoms with Gasteiger partial charge < -0.3 is 40.4 Å². The molecule has 1 aromatic heterocycles. The summed E-state index contributed by atoms with van der Waals surface area (Å²) in [5, 5.41) is 14.6. The maximum Gasteiger partial charge on any atom is 0.286 e. The molecule has 0 saturated heterocycles. The number of ether oxygens (including phenoxy) is 4. The lowest BCUT2D eigenvalue weighted by atomic mass is 9.81. The summed E-state index contributed by atoms with van der Waals surface area (Å²) in [6.07, 6.45) is 2.78. The van der Waals surface area contributed by atoms with Gasteiger partial charge in [0.15, 0.2) is 5.76 Å². The molecule has 3 atom stereocenters. The molecule has 49 heavy (non-hydrogen) atoms. The number of hydrogen-bond acceptors (Lipinski definition) is 9. The first-order valence-electron chi connectivity index (χ1n) is 16.8. The van der Waals surface area contributed by atoms with Crippen LogP contribution >= 0.6 is 0 Å². The Hall–Kier alpha value is -4.43. The third-order valence-corrected chi connectivity index (χ3v) is 8.43. The Kier molecular flexibility index (Phi) is 14.5. The van der Waals surface area contributed by atoms with E-state index in [-0.39, 0.29) is 42.8 Å². The topological polar surface area (TPSA) is 168 Å². The zero-order chi connectivity index (χ0) is 35.2. The van der Waals surface area contributed by atoms with Crippen LogP contribution in [-0.4, -0.2) is 78.8 Å². The molecule has 2 amide bonds. The summed E-state index contributed by atoms with van der Waals surface area (Å²) in [6, 6.07) is 16.5. The minimum atomic E-state index is -0.812. The number of aromatic nitrogens is 2. The van der Waals surface area contributed by atoms with Gasteiger partial charge in [-0.15, -0.1) is 0 Å². The highest BCUT2D eigenvalue weighted by Gasteiger charge is 2.41. The molecule has 1 aliphatic rings. The molecule has 266 valence electrons. The number of rotatable bonds is 19. The molecule has 13 nitrogen and oxygen atoms in total. The summed E-state index contributed by atoms with van der Waals surface area (Å²) in [5.74, 6) is -1.37. The summed E-state index contributed by atoms with van der Waals surface area (Å²) in [7, 11) is 1.84. The lowest BCUT2D eigenvalue weighted by molar-refractivity contribution is -0.168. The summed E-state index contributed by atoms with van der Waals surface area (Å²) in [5.41, 5.74) is 8.81. The predicted octanol–water partition coefficient (Wildman–Crippen LogP) is 3.38. The standard InChI is InChI=1S/C36H49N5O8/c1-4-48-36-27(17-20-46-22-23-47-21-19-42)28(33-25(2)40(3)41(35(33)45)26-12-6-5-7-13-26)24-31(49-36)34(44)38-18-11-10-16-32(43)39-30-15-9-8-14-29(30)37/h5-9,12-15,24,27-28,36,42H,4,10-11,16-23,37H2,1-3H3,(H,38,44)(H,39,43)/t27-,28-,36+/m1/s1. The number of nitrogens with zero attached hydrogens (tertiary/aromatic N) is 2. The molecule has 0 fully saturated rings. The van der Waals surface area contributed by atoms with Gasteiger partial charge in [0.25, 0.3) is 11.5 Å². The number of anilines is 2. The predicted molar refractivity (Wildman–Crippen MR) is 186 cm³/mol. The molecule has 2 heterocycles. The van der Waals surface area contributed by atoms with Gasteiger partial charge in [0, 0.05) is 56.3 Å². The second-order valence-electron chi connectivity index (χ2n) is 11.7. The second-order valence-corrected chi connectivity index (χ2v) is 11.7. The first kappa shape index (κ1) is 37.4. The van der Waals surface area contributed by atoms with Crippen LogP contribution in [0.3, 0.4) is 0 Å². The van der Waals surface area contributed by atoms with Gasteiger partial charge in [-0.05, 0) is 63.5 Å². The SMILES string of the molecule is CCO[C@H]1OC(C(=O)NCCCCC(=O)Nc2ccccc2N)=C[C@@H](c2c(C)n(C)n(-c3ccccc3)c2=O)[C@H]1CCOCCOCCO. The highest BCUT2D eigenvalue weighted by molar-refractivity contribution is 5.93. The van der Waals surface area contributed by atoms with Crippen molar-refractivity contribution in [3.8, 4) is 5.69 Å². The van der Waals surface area contributed by atoms with E-state index >= 15 is 0 Å². The summed E-state index contributed by atoms with van der Waals surface area (Å²) >= 11 is 0. The lowest BCUT2D eigenvalue weighted by Gasteiger charge is -2.36. The number of nitrogen functional groups attached to an aromatic ring is 1. The van der Waals surface area contributed by atoms with E-state index in [1.165, 1.54) is 0 Å². The molecule has 0 radical (unpaired) electrons. The van der Waals surface area contributed by atoms with E-state index in [4.69, 9.17) is 29.8 Å². The molecule has 1 aliphatic heterocycles. The summed E-state index contributed by atoms with van der Waals surface area (Å²) in [6.45, 7) is 5.61. The number of para-hydroxylation sites is 3. The quantitative estimate of drug-likeness (QED) is 0.110. The number of aliphatic hydroxyl groups excluding tert-OH is 1. The van der Waals surface area contributed by atoms with Gasteiger partial charge in [-0.1, -0.05) is 30.3 Å². The van der Waals surface area contributed by atoms with Crippen molar-refractivity contribution < 1.29 is 33.6 Å². The first-order valence-corrected chi connectivity index (χ1v) is 16.8. The average molecular weight is 680 g/mol. The number of nitrogens with one attached hydrogen (secondary N) is 2. The maximum atomic E-state index is 14.1. The number of allylic oxidation sites excluding steroid dienone is 1. The van der Waals surface area contributed by atoms with Crippen molar-refractivity contribution in [2.24, 2.45) is 13.0 Å². The number of amides is 2. The van der Waals surface area contributed by atoms with Gasteiger partial charge in [-0.25, -0.2) is 4.68 Å². The second kappa shape index (κ2) is 18.9. The number of unbranched alkanes of at least 4 members (excludes halogenated alkanes) is 1. The van der Waals surface area contributed by atoms with Crippen LogP contribution in [0.5, 0.6) is 0 Å². The van der Waals surface area contributed by atoms with Crippen molar-refractivity contribution in [1.29, 1.82) is 0 Å². The van der Waals surface area contributed by atoms with Crippen LogP contribution in [-0.2, 0) is 35.6 Å². The highest BCUT2D eigenvalue weighted by atomic mass is 16.7. The Morgan fingerprint density at radius 2 is 1.71 bits per heavy atom. The van der Waals surface area contributed by atoms with E-state index < -0.39 is 18.1 Å². The Morgan fingerprint density at radius 3 is 2.43 bits per heavy atom. The molecule has 5 N–H and O–H groups in total. The molecule has 13 heteroatoms. The third kappa shape index (κ3) is 10.0. The number of nitrogens with two attached hydrogens (primary N) is 1. The molecular formula is C36H49N5O8. The van der Waals surface area contributed by atoms with E-state index in [1.807, 2.05) is 55.9 Å². The van der Waals surface area contributed by atoms with Crippen LogP contribution in [0.4, 0.5) is 11.4 Å². The zero-order valence-corrected chi connectivity index (χ0v) is 28.6. The zero-order valence-electron chi connectivity index (χ0n) is 28.6. The first-order chi connectivity index (χ1) is 23.8. The van der Waals surface area contributed by atoms with Gasteiger partial charge >= 0.3 is 0 Å². The number of aliphatic hydroxyl groups is 1. The largest absolute Gasteiger partial charge is 0.459 e. The Morgan fingerprint density at radius 1 is 1.00 bits per heavy atom. The highest BCUT2D eigenvalue weighted by Crippen LogP contribution is 2.39. The van der Waals surface area contributed by atoms with E-state index in [2.05, 4.69) is 10.6 Å². The van der Waals surface area contributed by atoms with Crippen LogP contribution in [0.25, 0.3) is 5.69 Å². The van der Waals surface area contributed by atoms with Gasteiger partial charge in [0.2, 0.25) is 12.2 Å². The summed E-state index contributed by atoms with van der Waals surface area (Å²) in [4.78, 5) is 40.0. The van der Waals surface area contributed by atoms with Gasteiger partial charge in [-0.2, -0.15) is 0 Å². The van der Waals surface area contributed by atoms with Crippen LogP contribution in [0.1, 0.15) is 49.8 Å². The van der Waals surface area contributed by atoms with Crippen LogP contribution in [0.15, 0.2) is 71.2 Å². The molecule has 0 aliphatic carbocycles. The fraction of sp³-hybridized carbons (Fsp3) is 0.472. The Bertz CT molecular complexity index is 1600. The van der Waals surface area contributed by atoms with Crippen LogP contribution < -0.4 is 21.9 Å². The average Bonchev–Trinajstić information content (AvgIpc) is 3.32. The maximum absolute atomic E-state index is 14.1. The van der Waals surface area contributed by atoms with Crippen molar-refractivity contribution in [3.63, 3.8) is 0 Å². The smallest absolute Gasteiger partial charge is 0.286 e. The molecule has 3 aromatic rings. The Balaban J connectivity index is 1.50. The van der Waals surface area contributed by atoms with Gasteiger partial charge in [0.05, 0.1) is 43.5 Å². The van der Waals surface area contributed by atoms with Crippen LogP contribution in [0, 0.1) is 12.8 Å². The minimum absolute atomic E-state index is 0.0574. The van der Waals surface area contributed by atoms with Gasteiger partial charge in [0.1, 0.15) is 0 Å². The van der Waals surface area contributed by atoms with Crippen molar-refractivity contribution in [2.45, 2.75) is 51.7 Å². The van der Waals surface area contributed by atoms with Crippen molar-refractivity contribution in [3.05, 3.63) is 88.0 Å². The molecule has 4 rings (SSSR count). The lowest BCUT2D eigenvalue weighted by Crippen LogP contribution is -2.40. The molecular weight excluding hydrogens is 630 g/mol. The fourth-order valence-corrected chi connectivity index (χ4v) is 5.87. The summed E-state index contributed by atoms with van der Waals surface area (Å²) < 4.78 is 26.8. The van der Waals surface area contributed by atoms with Crippen LogP contribution in [0.2, 0.25) is 0 Å². The fourth-order valence-electron chi connectivity index (χ4n) is 5.87. The minimum Gasteiger partial charge on any atom is -0.459 e. The van der Waals surface area contributed by atoms with E-state index in [9.17, 15) is 14.4 Å². The third-order valence-electron chi connectivity index (χ3n) is 8.43. The molecule has 0 unspecified atom stereocenters. The van der Waals surface area contributed by atoms with Crippen molar-refractivity contribution in [1.82, 2.24) is 14.7 Å². The molecule has 0 spiro atoms. The van der Waals surface area contributed by atoms with E-state index in [0.717, 1.165) is 11.4 Å². The number of hydrogen-bond donors (Lipinski definition) is 4. The number of carbonyl (C=O) groups is 2. The van der Waals surface area contributed by atoms with Gasteiger partial charge in [-0.3, -0.25) is 19.1 Å².